The SMILES string of the molecule is O[C@@H]1CN(Cc2ccccc2OC(F)F)CC[C@H]1Oc1ccc(Cl)cc1. The normalized spacial score (nSPS) is 21.0. The van der Waals surface area contributed by atoms with Crippen molar-refractivity contribution in [1.82, 2.24) is 4.90 Å². The maximum atomic E-state index is 12.5. The highest BCUT2D eigenvalue weighted by Gasteiger charge is 2.29. The predicted molar refractivity (Wildman–Crippen MR) is 94.8 cm³/mol. The van der Waals surface area contributed by atoms with Gasteiger partial charge in [-0.2, -0.15) is 8.78 Å². The molecule has 2 aromatic carbocycles. The van der Waals surface area contributed by atoms with E-state index in [0.29, 0.717) is 42.4 Å². The Morgan fingerprint density at radius 3 is 2.58 bits per heavy atom. The van der Waals surface area contributed by atoms with Crippen molar-refractivity contribution in [2.75, 3.05) is 13.1 Å². The average molecular weight is 384 g/mol. The van der Waals surface area contributed by atoms with Crippen molar-refractivity contribution >= 4 is 11.6 Å². The van der Waals surface area contributed by atoms with Gasteiger partial charge in [0.25, 0.3) is 0 Å². The molecule has 1 aliphatic heterocycles. The average Bonchev–Trinajstić information content (AvgIpc) is 2.60. The molecule has 0 radical (unpaired) electrons. The fourth-order valence-electron chi connectivity index (χ4n) is 3.03. The first-order valence-electron chi connectivity index (χ1n) is 8.36. The highest BCUT2D eigenvalue weighted by Crippen LogP contribution is 2.25. The van der Waals surface area contributed by atoms with Gasteiger partial charge in [0.15, 0.2) is 0 Å². The van der Waals surface area contributed by atoms with Gasteiger partial charge in [-0.05, 0) is 36.8 Å². The molecule has 3 rings (SSSR count). The molecule has 7 heteroatoms. The van der Waals surface area contributed by atoms with E-state index in [-0.39, 0.29) is 11.9 Å². The summed E-state index contributed by atoms with van der Waals surface area (Å²) in [5, 5.41) is 11.0. The summed E-state index contributed by atoms with van der Waals surface area (Å²) >= 11 is 5.85. The molecule has 0 spiro atoms. The summed E-state index contributed by atoms with van der Waals surface area (Å²) in [4.78, 5) is 2.00. The van der Waals surface area contributed by atoms with Gasteiger partial charge in [-0.3, -0.25) is 4.90 Å². The maximum Gasteiger partial charge on any atom is 0.387 e. The molecule has 0 aliphatic carbocycles. The third-order valence-electron chi connectivity index (χ3n) is 4.29. The fourth-order valence-corrected chi connectivity index (χ4v) is 3.16. The quantitative estimate of drug-likeness (QED) is 0.820. The monoisotopic (exact) mass is 383 g/mol. The van der Waals surface area contributed by atoms with Gasteiger partial charge in [-0.1, -0.05) is 29.8 Å². The van der Waals surface area contributed by atoms with Gasteiger partial charge in [0.05, 0.1) is 0 Å². The van der Waals surface area contributed by atoms with E-state index in [1.165, 1.54) is 6.07 Å². The van der Waals surface area contributed by atoms with Gasteiger partial charge in [-0.25, -0.2) is 0 Å². The Morgan fingerprint density at radius 2 is 1.88 bits per heavy atom. The van der Waals surface area contributed by atoms with E-state index < -0.39 is 12.7 Å². The highest BCUT2D eigenvalue weighted by molar-refractivity contribution is 6.30. The molecule has 1 heterocycles. The largest absolute Gasteiger partial charge is 0.488 e. The summed E-state index contributed by atoms with van der Waals surface area (Å²) in [7, 11) is 0. The van der Waals surface area contributed by atoms with Crippen molar-refractivity contribution in [3.63, 3.8) is 0 Å². The molecule has 26 heavy (non-hydrogen) atoms. The first-order valence-corrected chi connectivity index (χ1v) is 8.74. The Hall–Kier alpha value is -1.89. The van der Waals surface area contributed by atoms with Crippen molar-refractivity contribution in [2.45, 2.75) is 31.8 Å². The number of aliphatic hydroxyl groups excluding tert-OH is 1. The van der Waals surface area contributed by atoms with Crippen LogP contribution in [0.4, 0.5) is 8.78 Å². The van der Waals surface area contributed by atoms with Gasteiger partial charge in [-0.15, -0.1) is 0 Å². The lowest BCUT2D eigenvalue weighted by Gasteiger charge is -2.36. The zero-order valence-corrected chi connectivity index (χ0v) is 14.8. The van der Waals surface area contributed by atoms with Crippen LogP contribution in [0.1, 0.15) is 12.0 Å². The third kappa shape index (κ3) is 5.06. The summed E-state index contributed by atoms with van der Waals surface area (Å²) in [5.74, 6) is 0.819. The third-order valence-corrected chi connectivity index (χ3v) is 4.54. The number of ether oxygens (including phenoxy) is 2. The highest BCUT2D eigenvalue weighted by atomic mass is 35.5. The smallest absolute Gasteiger partial charge is 0.387 e. The first-order chi connectivity index (χ1) is 12.5. The summed E-state index contributed by atoms with van der Waals surface area (Å²) in [5.41, 5.74) is 0.664. The van der Waals surface area contributed by atoms with E-state index in [0.717, 1.165) is 0 Å². The van der Waals surface area contributed by atoms with Gasteiger partial charge in [0.1, 0.15) is 23.7 Å². The Kier molecular flexibility index (Phi) is 6.29. The van der Waals surface area contributed by atoms with Gasteiger partial charge in [0, 0.05) is 30.2 Å². The lowest BCUT2D eigenvalue weighted by molar-refractivity contribution is -0.0519. The minimum absolute atomic E-state index is 0.163. The van der Waals surface area contributed by atoms with E-state index in [1.54, 1.807) is 42.5 Å². The van der Waals surface area contributed by atoms with Gasteiger partial charge >= 0.3 is 6.61 Å². The first kappa shape index (κ1) is 18.9. The number of β-amino-alcohol motifs (C(OH)–C–C–N with tert-alkyl or cyclic N) is 1. The number of rotatable bonds is 6. The Morgan fingerprint density at radius 1 is 1.15 bits per heavy atom. The number of likely N-dealkylation sites (tertiary alicyclic amines) is 1. The van der Waals surface area contributed by atoms with E-state index in [4.69, 9.17) is 16.3 Å². The van der Waals surface area contributed by atoms with Crippen LogP contribution in [0.5, 0.6) is 11.5 Å². The van der Waals surface area contributed by atoms with Crippen LogP contribution in [-0.4, -0.2) is 41.9 Å². The molecule has 0 unspecified atom stereocenters. The van der Waals surface area contributed by atoms with Crippen LogP contribution in [0.15, 0.2) is 48.5 Å². The minimum atomic E-state index is -2.86. The number of para-hydroxylation sites is 1. The van der Waals surface area contributed by atoms with Crippen LogP contribution in [0.25, 0.3) is 0 Å². The van der Waals surface area contributed by atoms with Gasteiger partial charge in [0.2, 0.25) is 0 Å². The van der Waals surface area contributed by atoms with Crippen molar-refractivity contribution < 1.29 is 23.4 Å². The second-order valence-corrected chi connectivity index (χ2v) is 6.62. The number of hydrogen-bond donors (Lipinski definition) is 1. The zero-order chi connectivity index (χ0) is 18.5. The van der Waals surface area contributed by atoms with E-state index >= 15 is 0 Å². The molecule has 1 N–H and O–H groups in total. The number of benzene rings is 2. The second kappa shape index (κ2) is 8.66. The summed E-state index contributed by atoms with van der Waals surface area (Å²) in [6.07, 6.45) is -0.371. The summed E-state index contributed by atoms with van der Waals surface area (Å²) < 4.78 is 35.5. The zero-order valence-electron chi connectivity index (χ0n) is 14.0. The lowest BCUT2D eigenvalue weighted by Crippen LogP contribution is -2.48. The molecule has 0 saturated carbocycles. The second-order valence-electron chi connectivity index (χ2n) is 6.19. The molecule has 1 fully saturated rings. The summed E-state index contributed by atoms with van der Waals surface area (Å²) in [6.45, 7) is -1.37. The lowest BCUT2D eigenvalue weighted by atomic mass is 10.0. The number of piperidine rings is 1. The molecule has 1 saturated heterocycles. The van der Waals surface area contributed by atoms with Gasteiger partial charge < -0.3 is 14.6 Å². The molecule has 4 nitrogen and oxygen atoms in total. The number of aliphatic hydroxyl groups is 1. The van der Waals surface area contributed by atoms with Crippen LogP contribution in [0.2, 0.25) is 5.02 Å². The van der Waals surface area contributed by atoms with Crippen LogP contribution in [-0.2, 0) is 6.54 Å². The standard InChI is InChI=1S/C19H20ClF2NO3/c20-14-5-7-15(8-6-14)25-18-9-10-23(12-16(18)24)11-13-3-1-2-4-17(13)26-19(21)22/h1-8,16,18-19,24H,9-12H2/t16-,18-/m1/s1. The van der Waals surface area contributed by atoms with Crippen molar-refractivity contribution in [3.05, 3.63) is 59.1 Å². The fraction of sp³-hybridized carbons (Fsp3) is 0.368. The molecule has 2 aromatic rings. The van der Waals surface area contributed by atoms with Crippen LogP contribution >= 0.6 is 11.6 Å². The molecule has 0 bridgehead atoms. The molecule has 140 valence electrons. The van der Waals surface area contributed by atoms with E-state index in [1.807, 2.05) is 4.90 Å². The van der Waals surface area contributed by atoms with E-state index in [2.05, 4.69) is 4.74 Å². The van der Waals surface area contributed by atoms with Crippen molar-refractivity contribution in [1.29, 1.82) is 0 Å². The van der Waals surface area contributed by atoms with Crippen LogP contribution in [0.3, 0.4) is 0 Å². The predicted octanol–water partition coefficient (Wildman–Crippen LogP) is 3.96. The molecule has 1 aliphatic rings. The molecular formula is C19H20ClF2NO3. The molecule has 2 atom stereocenters. The summed E-state index contributed by atoms with van der Waals surface area (Å²) in [6, 6.07) is 13.7. The number of halogens is 3. The number of alkyl halides is 2. The van der Waals surface area contributed by atoms with Crippen molar-refractivity contribution in [3.8, 4) is 11.5 Å². The topological polar surface area (TPSA) is 41.9 Å². The Bertz CT molecular complexity index is 714. The Balaban J connectivity index is 1.58. The number of hydrogen-bond acceptors (Lipinski definition) is 4. The minimum Gasteiger partial charge on any atom is -0.488 e. The maximum absolute atomic E-state index is 12.5. The molecule has 0 amide bonds. The van der Waals surface area contributed by atoms with E-state index in [9.17, 15) is 13.9 Å². The van der Waals surface area contributed by atoms with Crippen LogP contribution in [0, 0.1) is 0 Å². The van der Waals surface area contributed by atoms with Crippen LogP contribution < -0.4 is 9.47 Å². The molecule has 0 aromatic heterocycles. The Labute approximate surface area is 155 Å². The molecular weight excluding hydrogens is 364 g/mol. The van der Waals surface area contributed by atoms with Crippen molar-refractivity contribution in [2.24, 2.45) is 0 Å². The number of nitrogens with zero attached hydrogens (tertiary/aromatic N) is 1.